The quantitative estimate of drug-likeness (QED) is 0.544. The Balaban J connectivity index is 1.66. The van der Waals surface area contributed by atoms with Gasteiger partial charge in [-0.2, -0.15) is 0 Å². The molecule has 3 rings (SSSR count). The molecule has 1 aromatic heterocycles. The zero-order valence-electron chi connectivity index (χ0n) is 21.1. The number of pyridine rings is 1. The van der Waals surface area contributed by atoms with Crippen molar-refractivity contribution >= 4 is 15.9 Å². The van der Waals surface area contributed by atoms with Gasteiger partial charge in [-0.1, -0.05) is 30.3 Å². The standard InChI is InChI=1S/C26H38N4O3S/c1-20-10-6-7-12-23(20)25(24-21(2)11-8-15-27-24)29(4)26(31)22-13-18-30(19-14-22)17-9-16-28(3)34(5,32)33/h6-8,10-12,15,22,25H,9,13-14,16-19H2,1-5H3. The van der Waals surface area contributed by atoms with E-state index in [0.717, 1.165) is 61.3 Å². The molecular weight excluding hydrogens is 448 g/mol. The Morgan fingerprint density at radius 1 is 1.09 bits per heavy atom. The second-order valence-corrected chi connectivity index (χ2v) is 11.6. The van der Waals surface area contributed by atoms with Crippen molar-refractivity contribution < 1.29 is 13.2 Å². The molecule has 0 N–H and O–H groups in total. The predicted octanol–water partition coefficient (Wildman–Crippen LogP) is 3.24. The maximum Gasteiger partial charge on any atom is 0.226 e. The van der Waals surface area contributed by atoms with Gasteiger partial charge in [-0.05, 0) is 75.5 Å². The van der Waals surface area contributed by atoms with Crippen molar-refractivity contribution in [1.82, 2.24) is 19.1 Å². The van der Waals surface area contributed by atoms with E-state index in [1.54, 1.807) is 13.2 Å². The number of piperidine rings is 1. The first kappa shape index (κ1) is 26.3. The Labute approximate surface area is 204 Å². The van der Waals surface area contributed by atoms with Crippen LogP contribution < -0.4 is 0 Å². The molecule has 186 valence electrons. The van der Waals surface area contributed by atoms with E-state index in [9.17, 15) is 13.2 Å². The van der Waals surface area contributed by atoms with Crippen LogP contribution in [0.5, 0.6) is 0 Å². The Bertz CT molecular complexity index is 1040. The van der Waals surface area contributed by atoms with Crippen LogP contribution in [0.4, 0.5) is 0 Å². The summed E-state index contributed by atoms with van der Waals surface area (Å²) in [5, 5.41) is 0. The SMILES string of the molecule is Cc1ccccc1C(c1ncccc1C)N(C)C(=O)C1CCN(CCCN(C)S(C)(=O)=O)CC1. The first-order valence-electron chi connectivity index (χ1n) is 12.0. The van der Waals surface area contributed by atoms with Crippen LogP contribution in [0.25, 0.3) is 0 Å². The highest BCUT2D eigenvalue weighted by Gasteiger charge is 2.33. The lowest BCUT2D eigenvalue weighted by Crippen LogP contribution is -2.43. The summed E-state index contributed by atoms with van der Waals surface area (Å²) in [6.07, 6.45) is 5.44. The number of hydrogen-bond acceptors (Lipinski definition) is 5. The fourth-order valence-corrected chi connectivity index (χ4v) is 5.18. The van der Waals surface area contributed by atoms with Gasteiger partial charge in [0.2, 0.25) is 15.9 Å². The number of benzene rings is 1. The molecule has 34 heavy (non-hydrogen) atoms. The van der Waals surface area contributed by atoms with Crippen LogP contribution in [0, 0.1) is 19.8 Å². The zero-order valence-corrected chi connectivity index (χ0v) is 21.9. The molecule has 2 heterocycles. The fraction of sp³-hybridized carbons (Fsp3) is 0.538. The van der Waals surface area contributed by atoms with Gasteiger partial charge in [0.05, 0.1) is 18.0 Å². The van der Waals surface area contributed by atoms with E-state index < -0.39 is 10.0 Å². The molecule has 1 saturated heterocycles. The van der Waals surface area contributed by atoms with E-state index in [4.69, 9.17) is 0 Å². The first-order chi connectivity index (χ1) is 16.1. The van der Waals surface area contributed by atoms with Crippen LogP contribution in [0.1, 0.15) is 47.7 Å². The van der Waals surface area contributed by atoms with E-state index in [-0.39, 0.29) is 17.9 Å². The summed E-state index contributed by atoms with van der Waals surface area (Å²) < 4.78 is 24.5. The van der Waals surface area contributed by atoms with Crippen LogP contribution in [-0.2, 0) is 14.8 Å². The van der Waals surface area contributed by atoms with Crippen LogP contribution in [0.3, 0.4) is 0 Å². The highest BCUT2D eigenvalue weighted by Crippen LogP contribution is 2.33. The zero-order chi connectivity index (χ0) is 24.9. The minimum atomic E-state index is -3.14. The van der Waals surface area contributed by atoms with E-state index in [2.05, 4.69) is 28.9 Å². The third-order valence-corrected chi connectivity index (χ3v) is 8.29. The fourth-order valence-electron chi connectivity index (χ4n) is 4.72. The monoisotopic (exact) mass is 486 g/mol. The number of sulfonamides is 1. The van der Waals surface area contributed by atoms with E-state index >= 15 is 0 Å². The molecule has 1 aliphatic heterocycles. The summed E-state index contributed by atoms with van der Waals surface area (Å²) in [6, 6.07) is 12.0. The molecule has 0 saturated carbocycles. The molecule has 0 radical (unpaired) electrons. The summed E-state index contributed by atoms with van der Waals surface area (Å²) >= 11 is 0. The minimum Gasteiger partial charge on any atom is -0.333 e. The number of hydrogen-bond donors (Lipinski definition) is 0. The average Bonchev–Trinajstić information content (AvgIpc) is 2.81. The number of aryl methyl sites for hydroxylation is 2. The average molecular weight is 487 g/mol. The third-order valence-electron chi connectivity index (χ3n) is 6.98. The van der Waals surface area contributed by atoms with Crippen LogP contribution in [0.2, 0.25) is 0 Å². The molecule has 0 aliphatic carbocycles. The van der Waals surface area contributed by atoms with Gasteiger partial charge < -0.3 is 9.80 Å². The Morgan fingerprint density at radius 2 is 1.74 bits per heavy atom. The van der Waals surface area contributed by atoms with Gasteiger partial charge in [0.25, 0.3) is 0 Å². The van der Waals surface area contributed by atoms with E-state index in [0.29, 0.717) is 6.54 Å². The molecule has 0 bridgehead atoms. The minimum absolute atomic E-state index is 0.0181. The van der Waals surface area contributed by atoms with Crippen molar-refractivity contribution in [3.63, 3.8) is 0 Å². The summed E-state index contributed by atoms with van der Waals surface area (Å²) in [5.41, 5.74) is 4.24. The number of carbonyl (C=O) groups is 1. The molecule has 1 unspecified atom stereocenters. The molecule has 7 nitrogen and oxygen atoms in total. The Kier molecular flexibility index (Phi) is 8.84. The van der Waals surface area contributed by atoms with Crippen molar-refractivity contribution in [2.24, 2.45) is 5.92 Å². The van der Waals surface area contributed by atoms with Crippen molar-refractivity contribution in [1.29, 1.82) is 0 Å². The van der Waals surface area contributed by atoms with Gasteiger partial charge in [0, 0.05) is 32.8 Å². The normalized spacial score (nSPS) is 16.5. The number of aromatic nitrogens is 1. The highest BCUT2D eigenvalue weighted by molar-refractivity contribution is 7.88. The van der Waals surface area contributed by atoms with Gasteiger partial charge in [-0.15, -0.1) is 0 Å². The summed E-state index contributed by atoms with van der Waals surface area (Å²) in [4.78, 5) is 22.5. The molecule has 8 heteroatoms. The number of nitrogens with zero attached hydrogens (tertiary/aromatic N) is 4. The lowest BCUT2D eigenvalue weighted by Gasteiger charge is -2.36. The maximum absolute atomic E-state index is 13.6. The largest absolute Gasteiger partial charge is 0.333 e. The maximum atomic E-state index is 13.6. The van der Waals surface area contributed by atoms with Crippen LogP contribution in [-0.4, -0.2) is 79.9 Å². The van der Waals surface area contributed by atoms with Crippen molar-refractivity contribution in [3.05, 3.63) is 65.0 Å². The highest BCUT2D eigenvalue weighted by atomic mass is 32.2. The molecule has 1 fully saturated rings. The Morgan fingerprint density at radius 3 is 2.35 bits per heavy atom. The van der Waals surface area contributed by atoms with Gasteiger partial charge >= 0.3 is 0 Å². The van der Waals surface area contributed by atoms with Crippen molar-refractivity contribution in [3.8, 4) is 0 Å². The van der Waals surface area contributed by atoms with Gasteiger partial charge in [0.1, 0.15) is 0 Å². The number of carbonyl (C=O) groups excluding carboxylic acids is 1. The Hall–Kier alpha value is -2.29. The molecule has 1 atom stereocenters. The second kappa shape index (κ2) is 11.4. The van der Waals surface area contributed by atoms with Crippen molar-refractivity contribution in [2.45, 2.75) is 39.2 Å². The molecule has 1 amide bonds. The number of rotatable bonds is 9. The summed E-state index contributed by atoms with van der Waals surface area (Å²) in [5.74, 6) is 0.144. The molecule has 0 spiro atoms. The van der Waals surface area contributed by atoms with Crippen molar-refractivity contribution in [2.75, 3.05) is 46.5 Å². The smallest absolute Gasteiger partial charge is 0.226 e. The lowest BCUT2D eigenvalue weighted by atomic mass is 9.91. The number of amides is 1. The summed E-state index contributed by atoms with van der Waals surface area (Å²) in [7, 11) is 0.383. The lowest BCUT2D eigenvalue weighted by molar-refractivity contribution is -0.137. The topological polar surface area (TPSA) is 73.8 Å². The molecule has 1 aliphatic rings. The van der Waals surface area contributed by atoms with Crippen LogP contribution in [0.15, 0.2) is 42.6 Å². The third kappa shape index (κ3) is 6.43. The predicted molar refractivity (Wildman–Crippen MR) is 136 cm³/mol. The van der Waals surface area contributed by atoms with Crippen LogP contribution >= 0.6 is 0 Å². The van der Waals surface area contributed by atoms with Gasteiger partial charge in [0.15, 0.2) is 0 Å². The molecular formula is C26H38N4O3S. The molecule has 2 aromatic rings. The summed E-state index contributed by atoms with van der Waals surface area (Å²) in [6.45, 7) is 7.19. The molecule has 1 aromatic carbocycles. The second-order valence-electron chi connectivity index (χ2n) is 9.47. The number of likely N-dealkylation sites (tertiary alicyclic amines) is 1. The van der Waals surface area contributed by atoms with E-state index in [1.807, 2.05) is 43.1 Å². The van der Waals surface area contributed by atoms with E-state index in [1.165, 1.54) is 10.6 Å². The van der Waals surface area contributed by atoms with Gasteiger partial charge in [-0.3, -0.25) is 9.78 Å². The van der Waals surface area contributed by atoms with Gasteiger partial charge in [-0.25, -0.2) is 12.7 Å². The first-order valence-corrected chi connectivity index (χ1v) is 13.8.